The van der Waals surface area contributed by atoms with Gasteiger partial charge >= 0.3 is 6.18 Å². The summed E-state index contributed by atoms with van der Waals surface area (Å²) in [5, 5.41) is 0. The first-order chi connectivity index (χ1) is 18.4. The van der Waals surface area contributed by atoms with Crippen molar-refractivity contribution in [3.05, 3.63) is 65.0 Å². The number of sulfone groups is 1. The van der Waals surface area contributed by atoms with Crippen LogP contribution in [0.25, 0.3) is 0 Å². The van der Waals surface area contributed by atoms with Crippen molar-refractivity contribution in [1.82, 2.24) is 9.80 Å². The lowest BCUT2D eigenvalue weighted by Crippen LogP contribution is -2.46. The van der Waals surface area contributed by atoms with Gasteiger partial charge in [0.05, 0.1) is 10.9 Å². The van der Waals surface area contributed by atoms with Crippen LogP contribution in [0.1, 0.15) is 49.8 Å². The van der Waals surface area contributed by atoms with E-state index >= 15 is 0 Å². The third kappa shape index (κ3) is 4.77. The van der Waals surface area contributed by atoms with E-state index < -0.39 is 43.7 Å². The van der Waals surface area contributed by atoms with Crippen LogP contribution in [-0.4, -0.2) is 64.6 Å². The number of halogens is 5. The zero-order valence-corrected chi connectivity index (χ0v) is 24.4. The molecule has 2 unspecified atom stereocenters. The largest absolute Gasteiger partial charge is 0.426 e. The van der Waals surface area contributed by atoms with E-state index in [1.54, 1.807) is 0 Å². The Hall–Kier alpha value is -2.69. The molecular formula is C29H36F5N3O2S. The van der Waals surface area contributed by atoms with E-state index in [-0.39, 0.29) is 23.3 Å². The number of aliphatic imine (C=N–C) groups is 1. The molecule has 0 aliphatic heterocycles. The number of benzene rings is 2. The molecule has 220 valence electrons. The van der Waals surface area contributed by atoms with E-state index in [9.17, 15) is 30.4 Å². The minimum atomic E-state index is -5.13. The minimum absolute atomic E-state index is 0.0551. The number of nitrogens with zero attached hydrogens (tertiary/aromatic N) is 3. The van der Waals surface area contributed by atoms with E-state index in [1.807, 2.05) is 44.9 Å². The topological polar surface area (TPSA) is 53.0 Å². The summed E-state index contributed by atoms with van der Waals surface area (Å²) in [6, 6.07) is 7.97. The molecule has 1 fully saturated rings. The maximum atomic E-state index is 14.9. The van der Waals surface area contributed by atoms with E-state index in [2.05, 4.69) is 0 Å². The van der Waals surface area contributed by atoms with Crippen LogP contribution in [0.2, 0.25) is 0 Å². The predicted molar refractivity (Wildman–Crippen MR) is 145 cm³/mol. The van der Waals surface area contributed by atoms with Gasteiger partial charge in [0.15, 0.2) is 15.8 Å². The second-order valence-corrected chi connectivity index (χ2v) is 13.7. The minimum Gasteiger partial charge on any atom is -0.349 e. The average molecular weight is 586 g/mol. The first kappa shape index (κ1) is 30.3. The number of fused-ring (bicyclic) bond motifs is 3. The molecule has 2 aliphatic rings. The number of rotatable bonds is 5. The van der Waals surface area contributed by atoms with Gasteiger partial charge in [-0.25, -0.2) is 22.2 Å². The van der Waals surface area contributed by atoms with Crippen LogP contribution < -0.4 is 0 Å². The van der Waals surface area contributed by atoms with Crippen molar-refractivity contribution in [3.63, 3.8) is 0 Å². The molecule has 2 aromatic rings. The third-order valence-electron chi connectivity index (χ3n) is 8.67. The van der Waals surface area contributed by atoms with Crippen molar-refractivity contribution in [2.75, 3.05) is 28.2 Å². The van der Waals surface area contributed by atoms with Crippen molar-refractivity contribution >= 4 is 15.8 Å². The van der Waals surface area contributed by atoms with Crippen LogP contribution in [-0.2, 0) is 26.7 Å². The van der Waals surface area contributed by atoms with Crippen molar-refractivity contribution in [2.24, 2.45) is 16.8 Å². The number of hydrogen-bond donors (Lipinski definition) is 0. The molecule has 2 aliphatic carbocycles. The summed E-state index contributed by atoms with van der Waals surface area (Å²) in [5.74, 6) is -0.394. The normalized spacial score (nSPS) is 24.9. The van der Waals surface area contributed by atoms with Crippen molar-refractivity contribution in [2.45, 2.75) is 67.1 Å². The molecule has 5 atom stereocenters. The van der Waals surface area contributed by atoms with Crippen LogP contribution in [0.15, 0.2) is 52.4 Å². The maximum absolute atomic E-state index is 14.9. The average Bonchev–Trinajstić information content (AvgIpc) is 3.28. The van der Waals surface area contributed by atoms with Gasteiger partial charge in [-0.05, 0) is 92.3 Å². The van der Waals surface area contributed by atoms with Gasteiger partial charge in [-0.15, -0.1) is 0 Å². The summed E-state index contributed by atoms with van der Waals surface area (Å²) in [5.41, 5.74) is -3.35. The first-order valence-corrected chi connectivity index (χ1v) is 14.8. The van der Waals surface area contributed by atoms with Crippen LogP contribution in [0, 0.1) is 17.7 Å². The summed E-state index contributed by atoms with van der Waals surface area (Å²) in [6.45, 7) is 2.43. The Morgan fingerprint density at radius 1 is 1.00 bits per heavy atom. The maximum Gasteiger partial charge on any atom is 0.426 e. The van der Waals surface area contributed by atoms with Crippen LogP contribution in [0.5, 0.6) is 0 Å². The summed E-state index contributed by atoms with van der Waals surface area (Å²) in [4.78, 5) is 8.62. The fraction of sp³-hybridized carbons (Fsp3) is 0.552. The molecule has 2 aromatic carbocycles. The quantitative estimate of drug-likeness (QED) is 0.185. The second-order valence-electron chi connectivity index (χ2n) is 11.5. The fourth-order valence-electron chi connectivity index (χ4n) is 6.66. The molecule has 0 radical (unpaired) electrons. The van der Waals surface area contributed by atoms with Crippen molar-refractivity contribution in [3.8, 4) is 0 Å². The molecule has 0 heterocycles. The Morgan fingerprint density at radius 2 is 1.60 bits per heavy atom. The number of aryl methyl sites for hydroxylation is 1. The molecule has 0 spiro atoms. The molecule has 0 saturated heterocycles. The van der Waals surface area contributed by atoms with E-state index in [0.717, 1.165) is 24.2 Å². The van der Waals surface area contributed by atoms with Crippen LogP contribution >= 0.6 is 0 Å². The zero-order valence-electron chi connectivity index (χ0n) is 23.6. The highest BCUT2D eigenvalue weighted by atomic mass is 32.2. The van der Waals surface area contributed by atoms with E-state index in [0.29, 0.717) is 37.3 Å². The smallest absolute Gasteiger partial charge is 0.349 e. The monoisotopic (exact) mass is 585 g/mol. The predicted octanol–water partition coefficient (Wildman–Crippen LogP) is 6.08. The van der Waals surface area contributed by atoms with Gasteiger partial charge in [0.1, 0.15) is 10.6 Å². The van der Waals surface area contributed by atoms with Gasteiger partial charge in [0, 0.05) is 28.2 Å². The van der Waals surface area contributed by atoms with Crippen molar-refractivity contribution in [1.29, 1.82) is 0 Å². The third-order valence-corrected chi connectivity index (χ3v) is 11.2. The summed E-state index contributed by atoms with van der Waals surface area (Å²) in [6.07, 6.45) is -3.69. The molecule has 0 N–H and O–H groups in total. The number of hydrogen-bond acceptors (Lipinski definition) is 3. The van der Waals surface area contributed by atoms with E-state index in [4.69, 9.17) is 4.99 Å². The molecule has 40 heavy (non-hydrogen) atoms. The lowest BCUT2D eigenvalue weighted by molar-refractivity contribution is -0.228. The summed E-state index contributed by atoms with van der Waals surface area (Å²) < 4.78 is 96.7. The molecule has 5 nitrogen and oxygen atoms in total. The van der Waals surface area contributed by atoms with Gasteiger partial charge in [-0.1, -0.05) is 18.2 Å². The highest BCUT2D eigenvalue weighted by Gasteiger charge is 2.61. The fourth-order valence-corrected chi connectivity index (χ4v) is 9.15. The molecule has 0 bridgehead atoms. The summed E-state index contributed by atoms with van der Waals surface area (Å²) >= 11 is 0. The molecular weight excluding hydrogens is 549 g/mol. The van der Waals surface area contributed by atoms with Gasteiger partial charge in [0.25, 0.3) is 0 Å². The number of alkyl halides is 4. The first-order valence-electron chi connectivity index (χ1n) is 13.3. The summed E-state index contributed by atoms with van der Waals surface area (Å²) in [7, 11) is 3.34. The zero-order chi connectivity index (χ0) is 29.8. The Kier molecular flexibility index (Phi) is 7.79. The molecule has 0 aromatic heterocycles. The van der Waals surface area contributed by atoms with Crippen LogP contribution in [0.4, 0.5) is 22.0 Å². The molecule has 0 amide bonds. The van der Waals surface area contributed by atoms with Gasteiger partial charge in [-0.3, -0.25) is 0 Å². The number of guanidine groups is 1. The molecule has 11 heteroatoms. The van der Waals surface area contributed by atoms with Gasteiger partial charge in [-0.2, -0.15) is 13.2 Å². The Balaban J connectivity index is 1.90. The Labute approximate surface area is 233 Å². The molecule has 4 rings (SSSR count). The van der Waals surface area contributed by atoms with Gasteiger partial charge < -0.3 is 9.80 Å². The van der Waals surface area contributed by atoms with Gasteiger partial charge in [0.2, 0.25) is 5.67 Å². The standard InChI is InChI=1S/C29H36F5N3O2S/c1-18(35-26(36(3)4)37(5)6)23-15-16-28(40(38,39)22-11-9-21(30)10-12-22)24-14-8-20(27(2,31)29(32,33)34)17-19(24)7-13-25(23)28/h8-12,14,17-18,23,25H,7,13,15-16H2,1-6H3/t18?,23-,25-,27?,28+/m0/s1. The Morgan fingerprint density at radius 3 is 2.15 bits per heavy atom. The van der Waals surface area contributed by atoms with E-state index in [1.165, 1.54) is 24.3 Å². The lowest BCUT2D eigenvalue weighted by Gasteiger charge is -2.43. The highest BCUT2D eigenvalue weighted by molar-refractivity contribution is 7.92. The lowest BCUT2D eigenvalue weighted by atomic mass is 9.71. The second kappa shape index (κ2) is 10.3. The SMILES string of the molecule is CC(N=C(N(C)C)N(C)C)[C@@H]1CC[C@@]2(S(=O)(=O)c3ccc(F)cc3)c3ccc(C(C)(F)C(F)(F)F)cc3CC[C@@H]12. The Bertz CT molecular complexity index is 1380. The van der Waals surface area contributed by atoms with Crippen molar-refractivity contribution < 1.29 is 30.4 Å². The van der Waals surface area contributed by atoms with Crippen LogP contribution in [0.3, 0.4) is 0 Å². The highest BCUT2D eigenvalue weighted by Crippen LogP contribution is 2.60. The molecule has 1 saturated carbocycles.